The van der Waals surface area contributed by atoms with Gasteiger partial charge in [-0.3, -0.25) is 0 Å². The Morgan fingerprint density at radius 2 is 2.15 bits per heavy atom. The average molecular weight is 316 g/mol. The third-order valence-electron chi connectivity index (χ3n) is 2.96. The molecule has 2 aromatic rings. The third-order valence-corrected chi connectivity index (χ3v) is 3.78. The minimum Gasteiger partial charge on any atom is -0.397 e. The monoisotopic (exact) mass is 315 g/mol. The first kappa shape index (κ1) is 15.0. The molecule has 20 heavy (non-hydrogen) atoms. The Hall–Kier alpha value is -1.37. The van der Waals surface area contributed by atoms with Crippen LogP contribution in [-0.4, -0.2) is 33.9 Å². The molecular formula is C12H15Cl2N5O. The Kier molecular flexibility index (Phi) is 4.80. The van der Waals surface area contributed by atoms with Crippen LogP contribution in [0.3, 0.4) is 0 Å². The lowest BCUT2D eigenvalue weighted by Gasteiger charge is -2.13. The van der Waals surface area contributed by atoms with Crippen molar-refractivity contribution >= 4 is 28.9 Å². The van der Waals surface area contributed by atoms with Crippen molar-refractivity contribution in [2.45, 2.75) is 19.4 Å². The molecule has 1 aromatic carbocycles. The maximum Gasteiger partial charge on any atom is 0.182 e. The number of benzene rings is 1. The van der Waals surface area contributed by atoms with Crippen molar-refractivity contribution in [2.24, 2.45) is 0 Å². The molecule has 0 fully saturated rings. The number of hydrogen-bond acceptors (Lipinski definition) is 5. The van der Waals surface area contributed by atoms with Crippen LogP contribution in [0, 0.1) is 0 Å². The van der Waals surface area contributed by atoms with Crippen LogP contribution in [0.4, 0.5) is 5.69 Å². The number of rotatable bonds is 5. The summed E-state index contributed by atoms with van der Waals surface area (Å²) >= 11 is 12.0. The smallest absolute Gasteiger partial charge is 0.182 e. The summed E-state index contributed by atoms with van der Waals surface area (Å²) < 4.78 is 6.79. The molecule has 0 saturated carbocycles. The van der Waals surface area contributed by atoms with Gasteiger partial charge in [-0.2, -0.15) is 0 Å². The first-order valence-electron chi connectivity index (χ1n) is 6.06. The van der Waals surface area contributed by atoms with Crippen molar-refractivity contribution in [3.05, 3.63) is 22.2 Å². The first-order chi connectivity index (χ1) is 9.54. The van der Waals surface area contributed by atoms with E-state index in [4.69, 9.17) is 33.7 Å². The van der Waals surface area contributed by atoms with E-state index in [-0.39, 0.29) is 6.04 Å². The molecule has 0 saturated heterocycles. The lowest BCUT2D eigenvalue weighted by molar-refractivity contribution is 0.178. The molecular weight excluding hydrogens is 301 g/mol. The first-order valence-corrected chi connectivity index (χ1v) is 6.82. The molecule has 0 bridgehead atoms. The Bertz CT molecular complexity index is 578. The number of anilines is 1. The molecule has 2 N–H and O–H groups in total. The fourth-order valence-corrected chi connectivity index (χ4v) is 2.17. The predicted octanol–water partition coefficient (Wildman–Crippen LogP) is 2.83. The van der Waals surface area contributed by atoms with E-state index in [1.54, 1.807) is 23.9 Å². The number of tetrazole rings is 1. The lowest BCUT2D eigenvalue weighted by atomic mass is 10.1. The molecule has 6 nitrogen and oxygen atoms in total. The summed E-state index contributed by atoms with van der Waals surface area (Å²) in [6.45, 7) is 2.64. The van der Waals surface area contributed by atoms with Crippen LogP contribution >= 0.6 is 23.2 Å². The number of hydrogen-bond donors (Lipinski definition) is 1. The van der Waals surface area contributed by atoms with E-state index in [9.17, 15) is 0 Å². The second-order valence-corrected chi connectivity index (χ2v) is 5.22. The highest BCUT2D eigenvalue weighted by Gasteiger charge is 2.16. The highest BCUT2D eigenvalue weighted by atomic mass is 35.5. The Balaban J connectivity index is 2.37. The highest BCUT2D eigenvalue weighted by molar-refractivity contribution is 6.43. The van der Waals surface area contributed by atoms with E-state index in [0.29, 0.717) is 28.2 Å². The molecule has 0 amide bonds. The third kappa shape index (κ3) is 3.03. The van der Waals surface area contributed by atoms with Gasteiger partial charge >= 0.3 is 0 Å². The second kappa shape index (κ2) is 6.39. The normalized spacial score (nSPS) is 12.6. The largest absolute Gasteiger partial charge is 0.397 e. The summed E-state index contributed by atoms with van der Waals surface area (Å²) in [5.74, 6) is 0.596. The van der Waals surface area contributed by atoms with Crippen LogP contribution in [0.2, 0.25) is 10.0 Å². The molecule has 8 heteroatoms. The summed E-state index contributed by atoms with van der Waals surface area (Å²) in [7, 11) is 1.66. The van der Waals surface area contributed by atoms with Gasteiger partial charge in [0, 0.05) is 19.3 Å². The summed E-state index contributed by atoms with van der Waals surface area (Å²) in [5.41, 5.74) is 6.94. The molecule has 0 aliphatic heterocycles. The predicted molar refractivity (Wildman–Crippen MR) is 78.9 cm³/mol. The number of halogens is 2. The second-order valence-electron chi connectivity index (χ2n) is 4.44. The van der Waals surface area contributed by atoms with Gasteiger partial charge < -0.3 is 10.5 Å². The molecule has 2 rings (SSSR count). The molecule has 0 aliphatic carbocycles. The Labute approximate surface area is 126 Å². The summed E-state index contributed by atoms with van der Waals surface area (Å²) in [5, 5.41) is 12.5. The zero-order chi connectivity index (χ0) is 14.7. The van der Waals surface area contributed by atoms with E-state index in [2.05, 4.69) is 15.5 Å². The molecule has 1 aromatic heterocycles. The van der Waals surface area contributed by atoms with E-state index in [0.717, 1.165) is 12.0 Å². The fourth-order valence-electron chi connectivity index (χ4n) is 1.83. The maximum absolute atomic E-state index is 6.04. The molecule has 108 valence electrons. The number of ether oxygens (including phenoxy) is 1. The van der Waals surface area contributed by atoms with Crippen LogP contribution in [0.5, 0.6) is 0 Å². The average Bonchev–Trinajstić information content (AvgIpc) is 2.91. The Morgan fingerprint density at radius 1 is 1.40 bits per heavy atom. The summed E-state index contributed by atoms with van der Waals surface area (Å²) in [6, 6.07) is 3.50. The van der Waals surface area contributed by atoms with E-state index < -0.39 is 0 Å². The van der Waals surface area contributed by atoms with Gasteiger partial charge in [0.15, 0.2) is 5.82 Å². The number of nitrogens with zero attached hydrogens (tertiary/aromatic N) is 4. The van der Waals surface area contributed by atoms with Crippen molar-refractivity contribution in [1.29, 1.82) is 0 Å². The Morgan fingerprint density at radius 3 is 2.80 bits per heavy atom. The quantitative estimate of drug-likeness (QED) is 0.858. The van der Waals surface area contributed by atoms with Crippen molar-refractivity contribution in [2.75, 3.05) is 19.5 Å². The molecule has 0 radical (unpaired) electrons. The van der Waals surface area contributed by atoms with E-state index >= 15 is 0 Å². The van der Waals surface area contributed by atoms with Crippen molar-refractivity contribution in [3.63, 3.8) is 0 Å². The van der Waals surface area contributed by atoms with Crippen LogP contribution in [0.25, 0.3) is 11.4 Å². The van der Waals surface area contributed by atoms with Crippen LogP contribution in [0.1, 0.15) is 19.4 Å². The molecule has 1 heterocycles. The van der Waals surface area contributed by atoms with Crippen molar-refractivity contribution < 1.29 is 4.74 Å². The van der Waals surface area contributed by atoms with Gasteiger partial charge in [0.1, 0.15) is 0 Å². The number of nitrogen functional groups attached to an aromatic ring is 1. The molecule has 0 aliphatic rings. The molecule has 0 spiro atoms. The van der Waals surface area contributed by atoms with E-state index in [1.165, 1.54) is 0 Å². The van der Waals surface area contributed by atoms with Crippen LogP contribution in [0.15, 0.2) is 12.1 Å². The van der Waals surface area contributed by atoms with Crippen LogP contribution in [-0.2, 0) is 4.74 Å². The summed E-state index contributed by atoms with van der Waals surface area (Å²) in [6.07, 6.45) is 0.797. The van der Waals surface area contributed by atoms with Crippen molar-refractivity contribution in [3.8, 4) is 11.4 Å². The zero-order valence-corrected chi connectivity index (χ0v) is 12.7. The zero-order valence-electron chi connectivity index (χ0n) is 11.2. The number of nitrogens with two attached hydrogens (primary N) is 1. The lowest BCUT2D eigenvalue weighted by Crippen LogP contribution is -2.11. The minimum absolute atomic E-state index is 0.0932. The molecule has 1 atom stereocenters. The van der Waals surface area contributed by atoms with Gasteiger partial charge in [-0.25, -0.2) is 4.68 Å². The summed E-state index contributed by atoms with van der Waals surface area (Å²) in [4.78, 5) is 0. The molecule has 1 unspecified atom stereocenters. The van der Waals surface area contributed by atoms with E-state index in [1.807, 2.05) is 6.92 Å². The van der Waals surface area contributed by atoms with Gasteiger partial charge in [0.25, 0.3) is 0 Å². The van der Waals surface area contributed by atoms with Gasteiger partial charge in [-0.05, 0) is 35.9 Å². The number of methoxy groups -OCH3 is 1. The van der Waals surface area contributed by atoms with Crippen molar-refractivity contribution in [1.82, 2.24) is 20.2 Å². The number of aromatic nitrogens is 4. The minimum atomic E-state index is 0.0932. The van der Waals surface area contributed by atoms with Gasteiger partial charge in [-0.1, -0.05) is 23.2 Å². The van der Waals surface area contributed by atoms with Gasteiger partial charge in [-0.15, -0.1) is 5.10 Å². The maximum atomic E-state index is 6.04. The highest BCUT2D eigenvalue weighted by Crippen LogP contribution is 2.33. The van der Waals surface area contributed by atoms with Gasteiger partial charge in [0.05, 0.1) is 21.8 Å². The fraction of sp³-hybridized carbons (Fsp3) is 0.417. The topological polar surface area (TPSA) is 78.8 Å². The SMILES string of the molecule is COCCC(C)n1nnnc1-c1cc(N)c(Cl)c(Cl)c1. The van der Waals surface area contributed by atoms with Crippen LogP contribution < -0.4 is 5.73 Å². The van der Waals surface area contributed by atoms with Gasteiger partial charge in [0.2, 0.25) is 0 Å². The standard InChI is InChI=1S/C12H15Cl2N5O/c1-7(3-4-20-2)19-12(16-17-18-19)8-5-9(13)11(14)10(15)6-8/h5-7H,3-4,15H2,1-2H3.